The lowest BCUT2D eigenvalue weighted by atomic mass is 10.1. The van der Waals surface area contributed by atoms with Gasteiger partial charge in [-0.1, -0.05) is 5.16 Å². The van der Waals surface area contributed by atoms with Gasteiger partial charge in [-0.05, 0) is 20.8 Å². The van der Waals surface area contributed by atoms with Gasteiger partial charge in [0, 0.05) is 5.56 Å². The zero-order valence-corrected chi connectivity index (χ0v) is 9.00. The third kappa shape index (κ3) is 2.56. The molecule has 1 heterocycles. The Morgan fingerprint density at radius 1 is 1.67 bits per heavy atom. The van der Waals surface area contributed by atoms with E-state index in [1.165, 1.54) is 0 Å². The highest BCUT2D eigenvalue weighted by Gasteiger charge is 2.17. The highest BCUT2D eigenvalue weighted by molar-refractivity contribution is 5.78. The van der Waals surface area contributed by atoms with Crippen molar-refractivity contribution in [3.05, 3.63) is 17.0 Å². The predicted molar refractivity (Wildman–Crippen MR) is 52.8 cm³/mol. The third-order valence-corrected chi connectivity index (χ3v) is 2.14. The highest BCUT2D eigenvalue weighted by atomic mass is 16.5. The van der Waals surface area contributed by atoms with Crippen molar-refractivity contribution in [1.82, 2.24) is 10.5 Å². The van der Waals surface area contributed by atoms with Crippen LogP contribution in [0.25, 0.3) is 0 Å². The molecule has 1 unspecified atom stereocenters. The number of rotatable bonds is 3. The van der Waals surface area contributed by atoms with Crippen molar-refractivity contribution in [3.63, 3.8) is 0 Å². The van der Waals surface area contributed by atoms with Gasteiger partial charge in [0.25, 0.3) is 0 Å². The van der Waals surface area contributed by atoms with E-state index in [0.717, 1.165) is 11.3 Å². The van der Waals surface area contributed by atoms with Gasteiger partial charge >= 0.3 is 0 Å². The number of aryl methyl sites for hydroxylation is 2. The molecule has 1 rings (SSSR count). The second kappa shape index (κ2) is 4.60. The molecule has 80 valence electrons. The molecular weight excluding hydrogens is 194 g/mol. The zero-order chi connectivity index (χ0) is 11.4. The quantitative estimate of drug-likeness (QED) is 0.812. The van der Waals surface area contributed by atoms with Crippen LogP contribution in [0, 0.1) is 25.2 Å². The summed E-state index contributed by atoms with van der Waals surface area (Å²) in [6.07, 6.45) is -0.131. The Balaban J connectivity index is 2.74. The van der Waals surface area contributed by atoms with E-state index in [4.69, 9.17) is 9.78 Å². The Hall–Kier alpha value is -1.83. The first-order valence-electron chi connectivity index (χ1n) is 4.65. The number of hydrogen-bond acceptors (Lipinski definition) is 4. The van der Waals surface area contributed by atoms with Crippen molar-refractivity contribution in [3.8, 4) is 6.07 Å². The van der Waals surface area contributed by atoms with Crippen LogP contribution < -0.4 is 5.32 Å². The van der Waals surface area contributed by atoms with Crippen molar-refractivity contribution in [2.24, 2.45) is 0 Å². The minimum Gasteiger partial charge on any atom is -0.361 e. The highest BCUT2D eigenvalue weighted by Crippen LogP contribution is 2.20. The van der Waals surface area contributed by atoms with Gasteiger partial charge in [-0.25, -0.2) is 0 Å². The van der Waals surface area contributed by atoms with E-state index in [0.29, 0.717) is 5.76 Å². The number of aromatic nitrogens is 1. The summed E-state index contributed by atoms with van der Waals surface area (Å²) in [7, 11) is 0. The number of carbonyl (C=O) groups excluding carboxylic acids is 1. The lowest BCUT2D eigenvalue weighted by Crippen LogP contribution is -2.26. The van der Waals surface area contributed by atoms with Gasteiger partial charge in [0.05, 0.1) is 17.8 Å². The fourth-order valence-electron chi connectivity index (χ4n) is 1.54. The van der Waals surface area contributed by atoms with Crippen molar-refractivity contribution in [1.29, 1.82) is 5.26 Å². The van der Waals surface area contributed by atoms with Crippen LogP contribution in [0.3, 0.4) is 0 Å². The molecule has 0 bridgehead atoms. The van der Waals surface area contributed by atoms with E-state index >= 15 is 0 Å². The summed E-state index contributed by atoms with van der Waals surface area (Å²) >= 11 is 0. The Morgan fingerprint density at radius 3 is 2.80 bits per heavy atom. The van der Waals surface area contributed by atoms with Crippen LogP contribution in [0.2, 0.25) is 0 Å². The summed E-state index contributed by atoms with van der Waals surface area (Å²) in [6, 6.07) is 1.61. The molecule has 5 nitrogen and oxygen atoms in total. The minimum absolute atomic E-state index is 0.131. The fraction of sp³-hybridized carbons (Fsp3) is 0.500. The molecule has 0 aliphatic heterocycles. The van der Waals surface area contributed by atoms with Gasteiger partial charge in [-0.2, -0.15) is 5.26 Å². The fourth-order valence-corrected chi connectivity index (χ4v) is 1.54. The summed E-state index contributed by atoms with van der Waals surface area (Å²) in [4.78, 5) is 11.2. The van der Waals surface area contributed by atoms with Gasteiger partial charge < -0.3 is 9.84 Å². The molecule has 0 radical (unpaired) electrons. The van der Waals surface area contributed by atoms with Gasteiger partial charge in [-0.3, -0.25) is 4.79 Å². The number of nitrogens with zero attached hydrogens (tertiary/aromatic N) is 2. The maximum Gasteiger partial charge on any atom is 0.234 e. The standard InChI is InChI=1S/C10H13N3O2/c1-6(12-9(14)4-5-11)10-7(2)13-15-8(10)3/h6H,4H2,1-3H3,(H,12,14). The van der Waals surface area contributed by atoms with Crippen LogP contribution in [-0.2, 0) is 4.79 Å². The number of nitriles is 1. The van der Waals surface area contributed by atoms with E-state index < -0.39 is 0 Å². The van der Waals surface area contributed by atoms with Crippen molar-refractivity contribution < 1.29 is 9.32 Å². The predicted octanol–water partition coefficient (Wildman–Crippen LogP) is 1.38. The molecule has 1 aromatic rings. The van der Waals surface area contributed by atoms with Gasteiger partial charge in [0.1, 0.15) is 12.2 Å². The van der Waals surface area contributed by atoms with Gasteiger partial charge in [0.2, 0.25) is 5.91 Å². The molecule has 1 aromatic heterocycles. The molecule has 0 saturated heterocycles. The molecule has 0 aromatic carbocycles. The minimum atomic E-state index is -0.287. The van der Waals surface area contributed by atoms with Crippen LogP contribution in [0.5, 0.6) is 0 Å². The SMILES string of the molecule is Cc1noc(C)c1C(C)NC(=O)CC#N. The van der Waals surface area contributed by atoms with E-state index in [1.807, 2.05) is 13.8 Å². The molecule has 1 atom stereocenters. The molecular formula is C10H13N3O2. The Kier molecular flexibility index (Phi) is 3.45. The topological polar surface area (TPSA) is 78.9 Å². The van der Waals surface area contributed by atoms with Crippen LogP contribution in [-0.4, -0.2) is 11.1 Å². The molecule has 0 saturated carbocycles. The van der Waals surface area contributed by atoms with E-state index in [-0.39, 0.29) is 18.4 Å². The second-order valence-corrected chi connectivity index (χ2v) is 3.36. The summed E-state index contributed by atoms with van der Waals surface area (Å²) in [5.41, 5.74) is 1.64. The number of amides is 1. The number of hydrogen-bond donors (Lipinski definition) is 1. The normalized spacial score (nSPS) is 11.9. The average Bonchev–Trinajstić information content (AvgIpc) is 2.46. The second-order valence-electron chi connectivity index (χ2n) is 3.36. The number of nitrogens with one attached hydrogen (secondary N) is 1. The monoisotopic (exact) mass is 207 g/mol. The lowest BCUT2D eigenvalue weighted by molar-refractivity contribution is -0.120. The van der Waals surface area contributed by atoms with Crippen LogP contribution in [0.15, 0.2) is 4.52 Å². The maximum atomic E-state index is 11.2. The third-order valence-electron chi connectivity index (χ3n) is 2.14. The molecule has 0 aliphatic carbocycles. The van der Waals surface area contributed by atoms with E-state index in [1.54, 1.807) is 13.0 Å². The molecule has 0 spiro atoms. The Morgan fingerprint density at radius 2 is 2.33 bits per heavy atom. The molecule has 0 aliphatic rings. The van der Waals surface area contributed by atoms with E-state index in [9.17, 15) is 4.79 Å². The first-order chi connectivity index (χ1) is 7.06. The number of carbonyl (C=O) groups is 1. The molecule has 0 fully saturated rings. The van der Waals surface area contributed by atoms with Crippen LogP contribution in [0.1, 0.15) is 36.4 Å². The van der Waals surface area contributed by atoms with E-state index in [2.05, 4.69) is 10.5 Å². The molecule has 1 N–H and O–H groups in total. The van der Waals surface area contributed by atoms with Crippen LogP contribution in [0.4, 0.5) is 0 Å². The average molecular weight is 207 g/mol. The lowest BCUT2D eigenvalue weighted by Gasteiger charge is -2.12. The summed E-state index contributed by atoms with van der Waals surface area (Å²) in [5, 5.41) is 14.9. The largest absolute Gasteiger partial charge is 0.361 e. The van der Waals surface area contributed by atoms with Crippen LogP contribution >= 0.6 is 0 Å². The summed E-state index contributed by atoms with van der Waals surface area (Å²) in [5.74, 6) is 0.405. The molecule has 5 heteroatoms. The Bertz CT molecular complexity index is 384. The first-order valence-corrected chi connectivity index (χ1v) is 4.65. The van der Waals surface area contributed by atoms with Crippen molar-refractivity contribution in [2.45, 2.75) is 33.2 Å². The maximum absolute atomic E-state index is 11.2. The van der Waals surface area contributed by atoms with Crippen molar-refractivity contribution >= 4 is 5.91 Å². The van der Waals surface area contributed by atoms with Crippen molar-refractivity contribution in [2.75, 3.05) is 0 Å². The Labute approximate surface area is 88.1 Å². The summed E-state index contributed by atoms with van der Waals surface area (Å²) in [6.45, 7) is 5.45. The van der Waals surface area contributed by atoms with Gasteiger partial charge in [-0.15, -0.1) is 0 Å². The summed E-state index contributed by atoms with van der Waals surface area (Å²) < 4.78 is 4.99. The zero-order valence-electron chi connectivity index (χ0n) is 9.00. The molecule has 15 heavy (non-hydrogen) atoms. The van der Waals surface area contributed by atoms with Gasteiger partial charge in [0.15, 0.2) is 0 Å². The molecule has 1 amide bonds. The smallest absolute Gasteiger partial charge is 0.234 e. The first kappa shape index (κ1) is 11.2.